The van der Waals surface area contributed by atoms with E-state index in [1.807, 2.05) is 0 Å². The van der Waals surface area contributed by atoms with E-state index >= 15 is 0 Å². The van der Waals surface area contributed by atoms with Crippen molar-refractivity contribution < 1.29 is 9.59 Å². The summed E-state index contributed by atoms with van der Waals surface area (Å²) < 4.78 is 0. The summed E-state index contributed by atoms with van der Waals surface area (Å²) in [4.78, 5) is 24.8. The number of carbonyl (C=O) groups is 2. The lowest BCUT2D eigenvalue weighted by Gasteiger charge is -2.28. The van der Waals surface area contributed by atoms with Gasteiger partial charge in [0.15, 0.2) is 0 Å². The van der Waals surface area contributed by atoms with Gasteiger partial charge in [-0.15, -0.1) is 0 Å². The molecule has 1 fully saturated rings. The highest BCUT2D eigenvalue weighted by Gasteiger charge is 2.23. The first-order valence-electron chi connectivity index (χ1n) is 6.23. The molecule has 0 radical (unpaired) electrons. The molecule has 0 bridgehead atoms. The number of amides is 1. The van der Waals surface area contributed by atoms with Crippen LogP contribution in [-0.2, 0) is 4.79 Å². The van der Waals surface area contributed by atoms with Gasteiger partial charge in [-0.05, 0) is 57.2 Å². The van der Waals surface area contributed by atoms with E-state index in [1.165, 1.54) is 0 Å². The smallest absolute Gasteiger partial charge is 0.227 e. The zero-order valence-electron chi connectivity index (χ0n) is 10.6. The Morgan fingerprint density at radius 3 is 2.44 bits per heavy atom. The lowest BCUT2D eigenvalue weighted by atomic mass is 9.96. The number of aldehydes is 1. The first-order chi connectivity index (χ1) is 8.69. The Balaban J connectivity index is 1.92. The topological polar surface area (TPSA) is 49.4 Å². The lowest BCUT2D eigenvalue weighted by molar-refractivity contribution is -0.121. The summed E-state index contributed by atoms with van der Waals surface area (Å²) in [7, 11) is 2.08. The van der Waals surface area contributed by atoms with E-state index in [1.54, 1.807) is 24.3 Å². The molecule has 1 aliphatic rings. The fourth-order valence-electron chi connectivity index (χ4n) is 2.16. The summed E-state index contributed by atoms with van der Waals surface area (Å²) in [6, 6.07) is 6.93. The van der Waals surface area contributed by atoms with E-state index in [-0.39, 0.29) is 11.8 Å². The summed E-state index contributed by atoms with van der Waals surface area (Å²) in [6.07, 6.45) is 2.62. The van der Waals surface area contributed by atoms with Gasteiger partial charge in [-0.2, -0.15) is 0 Å². The van der Waals surface area contributed by atoms with Gasteiger partial charge in [-0.25, -0.2) is 0 Å². The number of rotatable bonds is 3. The van der Waals surface area contributed by atoms with Crippen LogP contribution < -0.4 is 5.32 Å². The predicted octanol–water partition coefficient (Wildman–Crippen LogP) is 1.78. The number of nitrogens with zero attached hydrogens (tertiary/aromatic N) is 1. The van der Waals surface area contributed by atoms with Gasteiger partial charge >= 0.3 is 0 Å². The number of benzene rings is 1. The Hall–Kier alpha value is -1.68. The van der Waals surface area contributed by atoms with Crippen molar-refractivity contribution in [2.45, 2.75) is 12.8 Å². The van der Waals surface area contributed by atoms with Crippen molar-refractivity contribution in [3.05, 3.63) is 29.8 Å². The molecule has 0 aromatic heterocycles. The van der Waals surface area contributed by atoms with E-state index in [0.717, 1.165) is 37.9 Å². The van der Waals surface area contributed by atoms with Crippen LogP contribution in [0.1, 0.15) is 23.2 Å². The molecule has 1 aliphatic heterocycles. The quantitative estimate of drug-likeness (QED) is 0.827. The molecular weight excluding hydrogens is 228 g/mol. The Bertz CT molecular complexity index is 420. The van der Waals surface area contributed by atoms with Crippen LogP contribution in [0.2, 0.25) is 0 Å². The molecule has 4 heteroatoms. The van der Waals surface area contributed by atoms with Gasteiger partial charge in [-0.3, -0.25) is 9.59 Å². The van der Waals surface area contributed by atoms with Gasteiger partial charge < -0.3 is 10.2 Å². The molecule has 1 saturated heterocycles. The normalized spacial score (nSPS) is 17.4. The van der Waals surface area contributed by atoms with Gasteiger partial charge in [0.2, 0.25) is 5.91 Å². The number of piperidine rings is 1. The van der Waals surface area contributed by atoms with Crippen LogP contribution in [0, 0.1) is 5.92 Å². The third kappa shape index (κ3) is 3.17. The van der Waals surface area contributed by atoms with Gasteiger partial charge in [0.05, 0.1) is 0 Å². The molecule has 1 N–H and O–H groups in total. The summed E-state index contributed by atoms with van der Waals surface area (Å²) in [6.45, 7) is 1.95. The SMILES string of the molecule is CN1CCC(C(=O)Nc2ccc(C=O)cc2)CC1. The third-order valence-corrected chi connectivity index (χ3v) is 3.40. The molecular formula is C14H18N2O2. The summed E-state index contributed by atoms with van der Waals surface area (Å²) in [5, 5.41) is 2.90. The number of hydrogen-bond acceptors (Lipinski definition) is 3. The first-order valence-corrected chi connectivity index (χ1v) is 6.23. The molecule has 2 rings (SSSR count). The minimum Gasteiger partial charge on any atom is -0.326 e. The van der Waals surface area contributed by atoms with E-state index < -0.39 is 0 Å². The number of hydrogen-bond donors (Lipinski definition) is 1. The molecule has 0 aliphatic carbocycles. The number of carbonyl (C=O) groups excluding carboxylic acids is 2. The van der Waals surface area contributed by atoms with Crippen LogP contribution >= 0.6 is 0 Å². The van der Waals surface area contributed by atoms with Gasteiger partial charge in [0.25, 0.3) is 0 Å². The molecule has 0 unspecified atom stereocenters. The monoisotopic (exact) mass is 246 g/mol. The van der Waals surface area contributed by atoms with Crippen molar-refractivity contribution in [2.75, 3.05) is 25.5 Å². The lowest BCUT2D eigenvalue weighted by Crippen LogP contribution is -2.35. The van der Waals surface area contributed by atoms with E-state index in [9.17, 15) is 9.59 Å². The largest absolute Gasteiger partial charge is 0.326 e. The van der Waals surface area contributed by atoms with Gasteiger partial charge in [0.1, 0.15) is 6.29 Å². The molecule has 4 nitrogen and oxygen atoms in total. The fourth-order valence-corrected chi connectivity index (χ4v) is 2.16. The van der Waals surface area contributed by atoms with Crippen molar-refractivity contribution in [2.24, 2.45) is 5.92 Å². The van der Waals surface area contributed by atoms with Crippen LogP contribution in [0.4, 0.5) is 5.69 Å². The Morgan fingerprint density at radius 2 is 1.89 bits per heavy atom. The molecule has 1 aromatic rings. The molecule has 1 amide bonds. The van der Waals surface area contributed by atoms with Gasteiger partial charge in [-0.1, -0.05) is 0 Å². The van der Waals surface area contributed by atoms with Crippen molar-refractivity contribution in [3.63, 3.8) is 0 Å². The van der Waals surface area contributed by atoms with Crippen molar-refractivity contribution in [1.29, 1.82) is 0 Å². The first kappa shape index (κ1) is 12.8. The van der Waals surface area contributed by atoms with Crippen molar-refractivity contribution in [1.82, 2.24) is 4.90 Å². The van der Waals surface area contributed by atoms with Crippen LogP contribution in [0.15, 0.2) is 24.3 Å². The van der Waals surface area contributed by atoms with Crippen LogP contribution in [0.5, 0.6) is 0 Å². The minimum absolute atomic E-state index is 0.0851. The summed E-state index contributed by atoms with van der Waals surface area (Å²) in [5.74, 6) is 0.189. The second kappa shape index (κ2) is 5.78. The average Bonchev–Trinajstić information content (AvgIpc) is 2.40. The Morgan fingerprint density at radius 1 is 1.28 bits per heavy atom. The third-order valence-electron chi connectivity index (χ3n) is 3.40. The van der Waals surface area contributed by atoms with Crippen molar-refractivity contribution >= 4 is 17.9 Å². The molecule has 0 saturated carbocycles. The Labute approximate surface area is 107 Å². The minimum atomic E-state index is 0.0851. The zero-order chi connectivity index (χ0) is 13.0. The van der Waals surface area contributed by atoms with Crippen molar-refractivity contribution in [3.8, 4) is 0 Å². The number of anilines is 1. The molecule has 96 valence electrons. The molecule has 0 spiro atoms. The maximum absolute atomic E-state index is 12.0. The summed E-state index contributed by atoms with van der Waals surface area (Å²) >= 11 is 0. The van der Waals surface area contributed by atoms with Gasteiger partial charge in [0, 0.05) is 17.2 Å². The Kier molecular flexibility index (Phi) is 4.10. The average molecular weight is 246 g/mol. The highest BCUT2D eigenvalue weighted by Crippen LogP contribution is 2.18. The number of nitrogens with one attached hydrogen (secondary N) is 1. The second-order valence-electron chi connectivity index (χ2n) is 4.81. The molecule has 0 atom stereocenters. The van der Waals surface area contributed by atoms with E-state index in [0.29, 0.717) is 5.56 Å². The highest BCUT2D eigenvalue weighted by molar-refractivity contribution is 5.93. The second-order valence-corrected chi connectivity index (χ2v) is 4.81. The molecule has 18 heavy (non-hydrogen) atoms. The molecule has 1 aromatic carbocycles. The summed E-state index contributed by atoms with van der Waals surface area (Å²) in [5.41, 5.74) is 1.37. The zero-order valence-corrected chi connectivity index (χ0v) is 10.6. The van der Waals surface area contributed by atoms with E-state index in [4.69, 9.17) is 0 Å². The predicted molar refractivity (Wildman–Crippen MR) is 70.7 cm³/mol. The maximum Gasteiger partial charge on any atom is 0.227 e. The number of likely N-dealkylation sites (tertiary alicyclic amines) is 1. The van der Waals surface area contributed by atoms with Crippen LogP contribution in [-0.4, -0.2) is 37.2 Å². The highest BCUT2D eigenvalue weighted by atomic mass is 16.1. The van der Waals surface area contributed by atoms with Crippen LogP contribution in [0.25, 0.3) is 0 Å². The standard InChI is InChI=1S/C14H18N2O2/c1-16-8-6-12(7-9-16)14(18)15-13-4-2-11(10-17)3-5-13/h2-5,10,12H,6-9H2,1H3,(H,15,18). The maximum atomic E-state index is 12.0. The fraction of sp³-hybridized carbons (Fsp3) is 0.429. The molecule has 1 heterocycles. The van der Waals surface area contributed by atoms with Crippen LogP contribution in [0.3, 0.4) is 0 Å². The van der Waals surface area contributed by atoms with E-state index in [2.05, 4.69) is 17.3 Å².